The van der Waals surface area contributed by atoms with Crippen LogP contribution in [0, 0.1) is 0 Å². The Morgan fingerprint density at radius 3 is 2.95 bits per heavy atom. The van der Waals surface area contributed by atoms with E-state index in [1.54, 1.807) is 12.3 Å². The third kappa shape index (κ3) is 2.47. The molecule has 3 rings (SSSR count). The summed E-state index contributed by atoms with van der Waals surface area (Å²) in [4.78, 5) is 31.4. The Balaban J connectivity index is 2.07. The van der Waals surface area contributed by atoms with Gasteiger partial charge in [0.1, 0.15) is 0 Å². The predicted octanol–water partition coefficient (Wildman–Crippen LogP) is 1.74. The molecule has 0 unspecified atom stereocenters. The van der Waals surface area contributed by atoms with Crippen molar-refractivity contribution in [1.82, 2.24) is 13.9 Å². The smallest absolute Gasteiger partial charge is 0.330 e. The topological polar surface area (TPSA) is 77.0 Å². The van der Waals surface area contributed by atoms with Gasteiger partial charge in [0.15, 0.2) is 6.04 Å². The Kier molecular flexibility index (Phi) is 3.57. The van der Waals surface area contributed by atoms with Crippen molar-refractivity contribution in [2.24, 2.45) is 0 Å². The molecule has 0 radical (unpaired) electrons. The van der Waals surface area contributed by atoms with E-state index in [1.807, 2.05) is 18.2 Å². The van der Waals surface area contributed by atoms with E-state index in [2.05, 4.69) is 9.97 Å². The number of carbonyl (C=O) groups is 1. The van der Waals surface area contributed by atoms with Crippen LogP contribution in [0.25, 0.3) is 10.1 Å². The number of hydrogen-bond donors (Lipinski definition) is 1. The molecule has 0 fully saturated rings. The number of nitrogens with zero attached hydrogens (tertiary/aromatic N) is 2. The van der Waals surface area contributed by atoms with Gasteiger partial charge in [0.05, 0.1) is 23.5 Å². The quantitative estimate of drug-likeness (QED) is 0.745. The van der Waals surface area contributed by atoms with Crippen molar-refractivity contribution >= 4 is 27.6 Å². The second-order valence-electron chi connectivity index (χ2n) is 4.54. The fraction of sp³-hybridized carbons (Fsp3) is 0.214. The van der Waals surface area contributed by atoms with Crippen LogP contribution in [-0.2, 0) is 16.0 Å². The lowest BCUT2D eigenvalue weighted by atomic mass is 10.1. The van der Waals surface area contributed by atoms with Crippen molar-refractivity contribution in [2.45, 2.75) is 12.5 Å². The molecule has 7 heteroatoms. The van der Waals surface area contributed by atoms with Gasteiger partial charge in [0.25, 0.3) is 5.56 Å². The summed E-state index contributed by atoms with van der Waals surface area (Å²) in [5, 5.41) is 0.612. The van der Waals surface area contributed by atoms with Crippen LogP contribution >= 0.6 is 11.5 Å². The van der Waals surface area contributed by atoms with Gasteiger partial charge in [-0.2, -0.15) is 0 Å². The highest BCUT2D eigenvalue weighted by atomic mass is 32.1. The molecule has 0 saturated heterocycles. The monoisotopic (exact) mass is 303 g/mol. The van der Waals surface area contributed by atoms with E-state index < -0.39 is 12.0 Å². The van der Waals surface area contributed by atoms with Gasteiger partial charge in [-0.05, 0) is 12.1 Å². The largest absolute Gasteiger partial charge is 0.467 e. The number of imidazole rings is 1. The van der Waals surface area contributed by atoms with Crippen molar-refractivity contribution in [3.05, 3.63) is 52.8 Å². The summed E-state index contributed by atoms with van der Waals surface area (Å²) >= 11 is 1.27. The number of carbonyl (C=O) groups excluding carboxylic acids is 1. The van der Waals surface area contributed by atoms with Gasteiger partial charge in [-0.1, -0.05) is 23.7 Å². The van der Waals surface area contributed by atoms with E-state index in [4.69, 9.17) is 4.74 Å². The van der Waals surface area contributed by atoms with Crippen molar-refractivity contribution in [3.8, 4) is 0 Å². The van der Waals surface area contributed by atoms with Crippen LogP contribution in [0.15, 0.2) is 41.6 Å². The van der Waals surface area contributed by atoms with Gasteiger partial charge in [-0.15, -0.1) is 0 Å². The lowest BCUT2D eigenvalue weighted by Gasteiger charge is -2.13. The summed E-state index contributed by atoms with van der Waals surface area (Å²) in [6.07, 6.45) is 3.51. The van der Waals surface area contributed by atoms with Gasteiger partial charge in [-0.3, -0.25) is 4.79 Å². The molecule has 0 aliphatic carbocycles. The summed E-state index contributed by atoms with van der Waals surface area (Å²) in [7, 11) is 1.32. The maximum absolute atomic E-state index is 12.5. The van der Waals surface area contributed by atoms with Crippen LogP contribution in [-0.4, -0.2) is 27.0 Å². The van der Waals surface area contributed by atoms with E-state index in [-0.39, 0.29) is 5.56 Å². The first-order valence-electron chi connectivity index (χ1n) is 6.36. The molecular formula is C14H13N3O3S. The first kappa shape index (κ1) is 13.6. The molecule has 1 atom stereocenters. The van der Waals surface area contributed by atoms with Gasteiger partial charge in [0, 0.05) is 18.3 Å². The van der Waals surface area contributed by atoms with E-state index in [0.717, 1.165) is 10.4 Å². The van der Waals surface area contributed by atoms with Gasteiger partial charge in [0.2, 0.25) is 0 Å². The summed E-state index contributed by atoms with van der Waals surface area (Å²) in [5.74, 6) is -0.446. The van der Waals surface area contributed by atoms with Crippen molar-refractivity contribution in [3.63, 3.8) is 0 Å². The summed E-state index contributed by atoms with van der Waals surface area (Å²) in [6, 6.07) is 6.60. The van der Waals surface area contributed by atoms with Crippen molar-refractivity contribution < 1.29 is 9.53 Å². The number of methoxy groups -OCH3 is 1. The Labute approximate surface area is 124 Å². The Morgan fingerprint density at radius 2 is 2.29 bits per heavy atom. The van der Waals surface area contributed by atoms with Crippen LogP contribution in [0.2, 0.25) is 0 Å². The van der Waals surface area contributed by atoms with Crippen LogP contribution in [0.3, 0.4) is 0 Å². The Morgan fingerprint density at radius 1 is 1.48 bits per heavy atom. The normalized spacial score (nSPS) is 12.4. The zero-order chi connectivity index (χ0) is 14.8. The fourth-order valence-electron chi connectivity index (χ4n) is 2.20. The van der Waals surface area contributed by atoms with E-state index >= 15 is 0 Å². The number of benzene rings is 1. The molecule has 0 saturated carbocycles. The molecule has 3 aromatic rings. The minimum atomic E-state index is -0.694. The summed E-state index contributed by atoms with van der Waals surface area (Å²) in [5.41, 5.74) is 0.597. The molecule has 21 heavy (non-hydrogen) atoms. The third-order valence-corrected chi connectivity index (χ3v) is 4.41. The van der Waals surface area contributed by atoms with Crippen LogP contribution in [0.5, 0.6) is 0 Å². The number of nitrogens with one attached hydrogen (secondary N) is 1. The summed E-state index contributed by atoms with van der Waals surface area (Å²) < 4.78 is 7.16. The highest BCUT2D eigenvalue weighted by molar-refractivity contribution is 7.14. The third-order valence-electron chi connectivity index (χ3n) is 3.24. The second-order valence-corrected chi connectivity index (χ2v) is 5.55. The SMILES string of the molecule is COC(=O)[C@H](Cc1cnc[nH]1)n1sc2ccccc2c1=O. The molecule has 108 valence electrons. The number of ether oxygens (including phenoxy) is 1. The van der Waals surface area contributed by atoms with Crippen LogP contribution in [0.1, 0.15) is 11.7 Å². The molecule has 6 nitrogen and oxygen atoms in total. The van der Waals surface area contributed by atoms with Crippen molar-refractivity contribution in [1.29, 1.82) is 0 Å². The maximum atomic E-state index is 12.5. The zero-order valence-electron chi connectivity index (χ0n) is 11.3. The number of rotatable bonds is 4. The molecule has 0 spiro atoms. The lowest BCUT2D eigenvalue weighted by molar-refractivity contribution is -0.144. The van der Waals surface area contributed by atoms with E-state index in [9.17, 15) is 9.59 Å². The molecule has 2 heterocycles. The zero-order valence-corrected chi connectivity index (χ0v) is 12.1. The summed E-state index contributed by atoms with van der Waals surface area (Å²) in [6.45, 7) is 0. The van der Waals surface area contributed by atoms with Crippen LogP contribution in [0.4, 0.5) is 0 Å². The minimum absolute atomic E-state index is 0.175. The van der Waals surface area contributed by atoms with E-state index in [1.165, 1.54) is 28.9 Å². The first-order chi connectivity index (χ1) is 10.2. The highest BCUT2D eigenvalue weighted by Gasteiger charge is 2.25. The number of H-pyrrole nitrogens is 1. The highest BCUT2D eigenvalue weighted by Crippen LogP contribution is 2.22. The number of esters is 1. The number of hydrogen-bond acceptors (Lipinski definition) is 5. The van der Waals surface area contributed by atoms with Gasteiger partial charge >= 0.3 is 5.97 Å². The Hall–Kier alpha value is -2.41. The second kappa shape index (κ2) is 5.53. The lowest BCUT2D eigenvalue weighted by Crippen LogP contribution is -2.28. The number of aromatic nitrogens is 3. The maximum Gasteiger partial charge on any atom is 0.330 e. The van der Waals surface area contributed by atoms with Gasteiger partial charge < -0.3 is 9.72 Å². The number of fused-ring (bicyclic) bond motifs is 1. The van der Waals surface area contributed by atoms with Crippen molar-refractivity contribution in [2.75, 3.05) is 7.11 Å². The Bertz CT molecular complexity index is 819. The molecular weight excluding hydrogens is 290 g/mol. The van der Waals surface area contributed by atoms with Gasteiger partial charge in [-0.25, -0.2) is 13.7 Å². The molecule has 0 aliphatic rings. The average Bonchev–Trinajstić information content (AvgIpc) is 3.13. The molecule has 0 bridgehead atoms. The molecule has 1 aromatic carbocycles. The molecule has 0 amide bonds. The predicted molar refractivity (Wildman–Crippen MR) is 79.4 cm³/mol. The molecule has 2 aromatic heterocycles. The molecule has 1 N–H and O–H groups in total. The minimum Gasteiger partial charge on any atom is -0.467 e. The van der Waals surface area contributed by atoms with E-state index in [0.29, 0.717) is 11.8 Å². The number of aromatic amines is 1. The first-order valence-corrected chi connectivity index (χ1v) is 7.13. The average molecular weight is 303 g/mol. The molecule has 0 aliphatic heterocycles. The fourth-order valence-corrected chi connectivity index (χ4v) is 3.27. The van der Waals surface area contributed by atoms with Crippen LogP contribution < -0.4 is 5.56 Å². The standard InChI is InChI=1S/C14H13N3O3S/c1-20-14(19)11(6-9-7-15-8-16-9)17-13(18)10-4-2-3-5-12(10)21-17/h2-5,7-8,11H,6H2,1H3,(H,15,16)/t11-/m0/s1.